The van der Waals surface area contributed by atoms with Gasteiger partial charge in [0.05, 0.1) is 0 Å². The zero-order valence-corrected chi connectivity index (χ0v) is 35.8. The van der Waals surface area contributed by atoms with Crippen LogP contribution in [-0.2, 0) is 0 Å². The largest absolute Gasteiger partial charge is 0.399 e. The van der Waals surface area contributed by atoms with E-state index in [1.54, 1.807) is 48.5 Å². The normalized spacial score (nSPS) is 8.91. The number of carbonyl (C=O) groups excluding carboxylic acids is 2. The Balaban J connectivity index is 0. The number of benzene rings is 4. The maximum atomic E-state index is 12.7. The van der Waals surface area contributed by atoms with E-state index >= 15 is 0 Å². The number of nitrogens with one attached hydrogen (secondary N) is 1. The van der Waals surface area contributed by atoms with Crippen molar-refractivity contribution in [1.29, 1.82) is 0 Å². The third-order valence-corrected chi connectivity index (χ3v) is 5.43. The van der Waals surface area contributed by atoms with Crippen LogP contribution in [-0.4, -0.2) is 15.6 Å². The molecule has 4 rings (SSSR count). The summed E-state index contributed by atoms with van der Waals surface area (Å²) in [5.74, 6) is -0.796. The Bertz CT molecular complexity index is 1270. The second kappa shape index (κ2) is 29.3. The van der Waals surface area contributed by atoms with Crippen LogP contribution in [0.4, 0.5) is 20.2 Å². The van der Waals surface area contributed by atoms with Crippen molar-refractivity contribution in [2.24, 2.45) is 0 Å². The molecule has 1 amide bonds. The smallest absolute Gasteiger partial charge is 0.255 e. The molecule has 3 N–H and O–H groups in total. The molecular formula is C30H30Br2ClF2I4N2O2-. The zero-order valence-electron chi connectivity index (χ0n) is 23.2. The maximum absolute atomic E-state index is 12.7. The topological polar surface area (TPSA) is 72.2 Å². The third-order valence-electron chi connectivity index (χ3n) is 4.15. The van der Waals surface area contributed by atoms with E-state index in [0.717, 1.165) is 8.95 Å². The molecule has 4 aromatic carbocycles. The minimum atomic E-state index is -0.424. The van der Waals surface area contributed by atoms with Gasteiger partial charge in [-0.3, -0.25) is 9.59 Å². The monoisotopic (exact) mass is 1190 g/mol. The van der Waals surface area contributed by atoms with E-state index in [0.29, 0.717) is 35.8 Å². The van der Waals surface area contributed by atoms with Crippen LogP contribution in [0.25, 0.3) is 0 Å². The zero-order chi connectivity index (χ0) is 33.2. The molecule has 13 heteroatoms. The molecule has 0 atom stereocenters. The predicted molar refractivity (Wildman–Crippen MR) is 208 cm³/mol. The first-order valence-corrected chi connectivity index (χ1v) is 28.2. The average molecular weight is 1190 g/mol. The standard InChI is InChI=1S/C13H9BrFNO.C7H4BrClO.C6H6FN.C2H5I.C2H6.I3/c14-10-3-1-9(2-4-10)13(17)16-12-7-5-11(15)6-8-12;8-6-3-1-5(2-4-6)7(9)10;7-5-1-3-6(8)4-2-5;1-2-3;1-2;1-3-2/h1-8H,(H,16,17);1-4H;1-4H,8H2;2H2,1H3;1-2H3;/q;;;;;-1. The Labute approximate surface area is 318 Å². The fourth-order valence-corrected chi connectivity index (χ4v) is 3.04. The molecule has 0 bridgehead atoms. The molecule has 0 aromatic heterocycles. The fraction of sp³-hybridized carbons (Fsp3) is 0.133. The summed E-state index contributed by atoms with van der Waals surface area (Å²) in [6.07, 6.45) is 0. The number of halogens is 9. The summed E-state index contributed by atoms with van der Waals surface area (Å²) in [6.45, 7) is 6.11. The summed E-state index contributed by atoms with van der Waals surface area (Å²) in [5.41, 5.74) is 7.49. The van der Waals surface area contributed by atoms with Crippen molar-refractivity contribution in [1.82, 2.24) is 0 Å². The van der Waals surface area contributed by atoms with Crippen LogP contribution in [0.3, 0.4) is 0 Å². The Morgan fingerprint density at radius 3 is 1.42 bits per heavy atom. The number of nitrogen functional groups attached to an aromatic ring is 1. The van der Waals surface area contributed by atoms with Gasteiger partial charge in [0.15, 0.2) is 0 Å². The molecule has 236 valence electrons. The number of carbonyl (C=O) groups is 2. The van der Waals surface area contributed by atoms with E-state index in [-0.39, 0.29) is 17.5 Å². The number of alkyl halides is 1. The van der Waals surface area contributed by atoms with Crippen LogP contribution >= 0.6 is 103 Å². The van der Waals surface area contributed by atoms with Crippen LogP contribution in [0, 0.1) is 11.6 Å². The van der Waals surface area contributed by atoms with Crippen molar-refractivity contribution in [3.8, 4) is 0 Å². The van der Waals surface area contributed by atoms with Crippen LogP contribution in [0.2, 0.25) is 0 Å². The number of hydrogen-bond donors (Lipinski definition) is 2. The maximum Gasteiger partial charge on any atom is 0.255 e. The molecule has 0 spiro atoms. The molecule has 43 heavy (non-hydrogen) atoms. The summed E-state index contributed by atoms with van der Waals surface area (Å²) in [7, 11) is 0. The predicted octanol–water partition coefficient (Wildman–Crippen LogP) is 9.32. The van der Waals surface area contributed by atoms with Gasteiger partial charge in [-0.1, -0.05) is 75.2 Å². The van der Waals surface area contributed by atoms with Crippen LogP contribution < -0.4 is 24.3 Å². The Morgan fingerprint density at radius 1 is 0.767 bits per heavy atom. The van der Waals surface area contributed by atoms with Gasteiger partial charge in [0.2, 0.25) is 0 Å². The van der Waals surface area contributed by atoms with E-state index in [2.05, 4.69) is 104 Å². The van der Waals surface area contributed by atoms with Crippen molar-refractivity contribution < 1.29 is 31.6 Å². The first kappa shape index (κ1) is 45.0. The van der Waals surface area contributed by atoms with Gasteiger partial charge in [0.25, 0.3) is 11.1 Å². The van der Waals surface area contributed by atoms with Crippen molar-refractivity contribution in [2.45, 2.75) is 20.8 Å². The van der Waals surface area contributed by atoms with E-state index in [9.17, 15) is 18.4 Å². The third kappa shape index (κ3) is 24.7. The van der Waals surface area contributed by atoms with Gasteiger partial charge in [-0.15, -0.1) is 0 Å². The van der Waals surface area contributed by atoms with Gasteiger partial charge >= 0.3 is 50.5 Å². The van der Waals surface area contributed by atoms with Crippen molar-refractivity contribution in [3.63, 3.8) is 0 Å². The molecule has 0 aliphatic rings. The van der Waals surface area contributed by atoms with E-state index in [1.807, 2.05) is 13.8 Å². The van der Waals surface area contributed by atoms with Crippen molar-refractivity contribution >= 4 is 126 Å². The van der Waals surface area contributed by atoms with Gasteiger partial charge in [0, 0.05) is 31.4 Å². The quantitative estimate of drug-likeness (QED) is 0.0931. The molecule has 0 aliphatic carbocycles. The first-order valence-electron chi connectivity index (χ1n) is 12.2. The molecule has 0 saturated heterocycles. The molecule has 0 fully saturated rings. The second-order valence-corrected chi connectivity index (χ2v) is 27.1. The Morgan fingerprint density at radius 2 is 1.09 bits per heavy atom. The van der Waals surface area contributed by atoms with E-state index in [4.69, 9.17) is 17.3 Å². The summed E-state index contributed by atoms with van der Waals surface area (Å²) in [5, 5.41) is 2.26. The summed E-state index contributed by atoms with van der Waals surface area (Å²) in [6, 6.07) is 25.2. The van der Waals surface area contributed by atoms with Crippen molar-refractivity contribution in [3.05, 3.63) is 129 Å². The molecule has 4 nitrogen and oxygen atoms in total. The number of rotatable bonds is 3. The van der Waals surface area contributed by atoms with Crippen LogP contribution in [0.1, 0.15) is 41.5 Å². The number of nitrogens with two attached hydrogens (primary N) is 1. The van der Waals surface area contributed by atoms with Crippen LogP contribution in [0.5, 0.6) is 0 Å². The first-order chi connectivity index (χ1) is 20.5. The molecule has 0 aliphatic heterocycles. The second-order valence-electron chi connectivity index (χ2n) is 7.12. The van der Waals surface area contributed by atoms with Gasteiger partial charge in [-0.25, -0.2) is 8.78 Å². The SMILES string of the molecule is CC.CCI.I[I-]I.Nc1ccc(F)cc1.O=C(Cl)c1ccc(Br)cc1.O=C(Nc1ccc(F)cc1)c1ccc(Br)cc1. The minimum absolute atomic E-state index is 0.218. The van der Waals surface area contributed by atoms with E-state index in [1.165, 1.54) is 53.0 Å². The number of amides is 1. The van der Waals surface area contributed by atoms with Crippen LogP contribution in [0.15, 0.2) is 106 Å². The van der Waals surface area contributed by atoms with Crippen molar-refractivity contribution in [2.75, 3.05) is 15.5 Å². The number of anilines is 2. The summed E-state index contributed by atoms with van der Waals surface area (Å²) >= 11 is 19.3. The average Bonchev–Trinajstić information content (AvgIpc) is 2.99. The molecule has 0 unspecified atom stereocenters. The summed E-state index contributed by atoms with van der Waals surface area (Å²) < 4.78 is 27.8. The molecule has 4 aromatic rings. The Kier molecular flexibility index (Phi) is 30.6. The fourth-order valence-electron chi connectivity index (χ4n) is 2.38. The van der Waals surface area contributed by atoms with Gasteiger partial charge in [0.1, 0.15) is 11.6 Å². The van der Waals surface area contributed by atoms with E-state index < -0.39 is 5.24 Å². The molecule has 0 radical (unpaired) electrons. The molecule has 0 heterocycles. The summed E-state index contributed by atoms with van der Waals surface area (Å²) in [4.78, 5) is 22.3. The minimum Gasteiger partial charge on any atom is -0.399 e. The molecule has 0 saturated carbocycles. The molecular weight excluding hydrogens is 1160 g/mol. The van der Waals surface area contributed by atoms with Gasteiger partial charge < -0.3 is 11.1 Å². The van der Waals surface area contributed by atoms with Gasteiger partial charge in [-0.2, -0.15) is 0 Å². The number of hydrogen-bond acceptors (Lipinski definition) is 3. The Hall–Kier alpha value is -0.150. The van der Waals surface area contributed by atoms with Gasteiger partial charge in [-0.05, 0) is 113 Å².